The molecule has 1 aliphatic carbocycles. The average molecular weight is 290 g/mol. The van der Waals surface area contributed by atoms with E-state index in [2.05, 4.69) is 38.2 Å². The first-order valence-electron chi connectivity index (χ1n) is 8.13. The van der Waals surface area contributed by atoms with Gasteiger partial charge in [0.1, 0.15) is 5.75 Å². The van der Waals surface area contributed by atoms with Crippen molar-refractivity contribution < 1.29 is 5.11 Å². The van der Waals surface area contributed by atoms with Gasteiger partial charge >= 0.3 is 0 Å². The van der Waals surface area contributed by atoms with Crippen LogP contribution in [0, 0.1) is 5.92 Å². The number of aromatic hydroxyl groups is 1. The Bertz CT molecular complexity index is 460. The molecule has 0 spiro atoms. The Hall–Kier alpha value is -1.06. The van der Waals surface area contributed by atoms with Gasteiger partial charge < -0.3 is 15.3 Å². The van der Waals surface area contributed by atoms with Gasteiger partial charge in [-0.25, -0.2) is 0 Å². The summed E-state index contributed by atoms with van der Waals surface area (Å²) < 4.78 is 0. The van der Waals surface area contributed by atoms with Crippen LogP contribution in [0.3, 0.4) is 0 Å². The van der Waals surface area contributed by atoms with Crippen LogP contribution in [0.1, 0.15) is 51.1 Å². The summed E-state index contributed by atoms with van der Waals surface area (Å²) in [4.78, 5) is 2.40. The summed E-state index contributed by atoms with van der Waals surface area (Å²) in [5, 5.41) is 13.6. The molecule has 0 bridgehead atoms. The SMILES string of the molecule is CC1CCCC(CNC(C)c2ccccc2O)(N(C)C)C1. The minimum Gasteiger partial charge on any atom is -0.508 e. The fraction of sp³-hybridized carbons (Fsp3) is 0.667. The molecule has 1 saturated carbocycles. The van der Waals surface area contributed by atoms with Crippen LogP contribution in [-0.2, 0) is 0 Å². The van der Waals surface area contributed by atoms with Crippen LogP contribution in [0.4, 0.5) is 0 Å². The van der Waals surface area contributed by atoms with Gasteiger partial charge in [0.15, 0.2) is 0 Å². The molecule has 1 aromatic rings. The molecule has 0 radical (unpaired) electrons. The summed E-state index contributed by atoms with van der Waals surface area (Å²) in [5.74, 6) is 1.18. The highest BCUT2D eigenvalue weighted by molar-refractivity contribution is 5.34. The lowest BCUT2D eigenvalue weighted by Crippen LogP contribution is -2.54. The molecular formula is C18H30N2O. The zero-order chi connectivity index (χ0) is 15.5. The first-order valence-corrected chi connectivity index (χ1v) is 8.13. The fourth-order valence-corrected chi connectivity index (χ4v) is 3.66. The highest BCUT2D eigenvalue weighted by Crippen LogP contribution is 2.36. The molecule has 2 rings (SSSR count). The third-order valence-electron chi connectivity index (χ3n) is 5.16. The molecule has 1 aliphatic rings. The summed E-state index contributed by atoms with van der Waals surface area (Å²) >= 11 is 0. The Balaban J connectivity index is 2.04. The molecule has 0 heterocycles. The van der Waals surface area contributed by atoms with Crippen LogP contribution in [0.2, 0.25) is 0 Å². The minimum absolute atomic E-state index is 0.167. The molecule has 118 valence electrons. The van der Waals surface area contributed by atoms with E-state index in [-0.39, 0.29) is 11.6 Å². The Labute approximate surface area is 129 Å². The van der Waals surface area contributed by atoms with E-state index >= 15 is 0 Å². The Morgan fingerprint density at radius 1 is 1.38 bits per heavy atom. The van der Waals surface area contributed by atoms with Gasteiger partial charge in [0.2, 0.25) is 0 Å². The molecule has 3 unspecified atom stereocenters. The lowest BCUT2D eigenvalue weighted by atomic mass is 9.75. The number of para-hydroxylation sites is 1. The smallest absolute Gasteiger partial charge is 0.120 e. The fourth-order valence-electron chi connectivity index (χ4n) is 3.66. The van der Waals surface area contributed by atoms with E-state index in [4.69, 9.17) is 0 Å². The monoisotopic (exact) mass is 290 g/mol. The first-order chi connectivity index (χ1) is 9.94. The van der Waals surface area contributed by atoms with Gasteiger partial charge in [-0.15, -0.1) is 0 Å². The van der Waals surface area contributed by atoms with Crippen LogP contribution >= 0.6 is 0 Å². The zero-order valence-electron chi connectivity index (χ0n) is 13.9. The molecule has 1 fully saturated rings. The standard InChI is InChI=1S/C18H30N2O/c1-14-8-7-11-18(12-14,20(3)4)13-19-15(2)16-9-5-6-10-17(16)21/h5-6,9-10,14-15,19,21H,7-8,11-13H2,1-4H3. The van der Waals surface area contributed by atoms with E-state index in [1.807, 2.05) is 18.2 Å². The number of phenols is 1. The molecule has 3 atom stereocenters. The van der Waals surface area contributed by atoms with Crippen LogP contribution in [0.5, 0.6) is 5.75 Å². The van der Waals surface area contributed by atoms with E-state index in [1.165, 1.54) is 25.7 Å². The van der Waals surface area contributed by atoms with Crippen molar-refractivity contribution in [2.24, 2.45) is 5.92 Å². The van der Waals surface area contributed by atoms with Crippen molar-refractivity contribution in [1.29, 1.82) is 0 Å². The van der Waals surface area contributed by atoms with Crippen molar-refractivity contribution >= 4 is 0 Å². The van der Waals surface area contributed by atoms with Crippen LogP contribution < -0.4 is 5.32 Å². The van der Waals surface area contributed by atoms with Crippen molar-refractivity contribution in [2.75, 3.05) is 20.6 Å². The largest absolute Gasteiger partial charge is 0.508 e. The van der Waals surface area contributed by atoms with Gasteiger partial charge in [0, 0.05) is 23.7 Å². The van der Waals surface area contributed by atoms with E-state index in [1.54, 1.807) is 6.07 Å². The van der Waals surface area contributed by atoms with Gasteiger partial charge in [0.05, 0.1) is 0 Å². The number of nitrogens with zero attached hydrogens (tertiary/aromatic N) is 1. The number of hydrogen-bond donors (Lipinski definition) is 2. The highest BCUT2D eigenvalue weighted by Gasteiger charge is 2.36. The predicted molar refractivity (Wildman–Crippen MR) is 88.6 cm³/mol. The van der Waals surface area contributed by atoms with Crippen molar-refractivity contribution in [3.63, 3.8) is 0 Å². The van der Waals surface area contributed by atoms with Crippen LogP contribution in [-0.4, -0.2) is 36.2 Å². The lowest BCUT2D eigenvalue weighted by Gasteiger charge is -2.46. The first kappa shape index (κ1) is 16.3. The zero-order valence-corrected chi connectivity index (χ0v) is 13.9. The molecule has 2 N–H and O–H groups in total. The molecule has 0 aliphatic heterocycles. The second kappa shape index (κ2) is 6.80. The number of hydrogen-bond acceptors (Lipinski definition) is 3. The molecular weight excluding hydrogens is 260 g/mol. The molecule has 3 nitrogen and oxygen atoms in total. The van der Waals surface area contributed by atoms with Gasteiger partial charge in [-0.3, -0.25) is 0 Å². The van der Waals surface area contributed by atoms with Gasteiger partial charge in [-0.2, -0.15) is 0 Å². The average Bonchev–Trinajstić information content (AvgIpc) is 2.45. The second-order valence-electron chi connectivity index (χ2n) is 6.98. The van der Waals surface area contributed by atoms with Crippen molar-refractivity contribution in [3.05, 3.63) is 29.8 Å². The van der Waals surface area contributed by atoms with E-state index in [0.717, 1.165) is 18.0 Å². The maximum Gasteiger partial charge on any atom is 0.120 e. The highest BCUT2D eigenvalue weighted by atomic mass is 16.3. The van der Waals surface area contributed by atoms with Gasteiger partial charge in [-0.05, 0) is 45.8 Å². The molecule has 3 heteroatoms. The number of benzene rings is 1. The van der Waals surface area contributed by atoms with Crippen LogP contribution in [0.15, 0.2) is 24.3 Å². The molecule has 0 amide bonds. The van der Waals surface area contributed by atoms with Crippen molar-refractivity contribution in [2.45, 2.75) is 51.1 Å². The normalized spacial score (nSPS) is 27.8. The van der Waals surface area contributed by atoms with E-state index in [0.29, 0.717) is 5.75 Å². The Morgan fingerprint density at radius 3 is 2.71 bits per heavy atom. The summed E-state index contributed by atoms with van der Waals surface area (Å²) in [6.07, 6.45) is 5.17. The van der Waals surface area contributed by atoms with Crippen molar-refractivity contribution in [1.82, 2.24) is 10.2 Å². The van der Waals surface area contributed by atoms with Crippen molar-refractivity contribution in [3.8, 4) is 5.75 Å². The third-order valence-corrected chi connectivity index (χ3v) is 5.16. The van der Waals surface area contributed by atoms with Crippen LogP contribution in [0.25, 0.3) is 0 Å². The Morgan fingerprint density at radius 2 is 2.10 bits per heavy atom. The second-order valence-corrected chi connectivity index (χ2v) is 6.98. The molecule has 0 aromatic heterocycles. The number of likely N-dealkylation sites (N-methyl/N-ethyl adjacent to an activating group) is 1. The maximum absolute atomic E-state index is 9.98. The molecule has 21 heavy (non-hydrogen) atoms. The molecule has 0 saturated heterocycles. The van der Waals surface area contributed by atoms with Gasteiger partial charge in [-0.1, -0.05) is 38.0 Å². The van der Waals surface area contributed by atoms with E-state index < -0.39 is 0 Å². The topological polar surface area (TPSA) is 35.5 Å². The predicted octanol–water partition coefficient (Wildman–Crippen LogP) is 3.55. The minimum atomic E-state index is 0.167. The quantitative estimate of drug-likeness (QED) is 0.870. The summed E-state index contributed by atoms with van der Waals surface area (Å²) in [6.45, 7) is 5.47. The number of phenolic OH excluding ortho intramolecular Hbond substituents is 1. The summed E-state index contributed by atoms with van der Waals surface area (Å²) in [7, 11) is 4.40. The van der Waals surface area contributed by atoms with E-state index in [9.17, 15) is 5.11 Å². The Kier molecular flexibility index (Phi) is 5.28. The summed E-state index contributed by atoms with van der Waals surface area (Å²) in [5.41, 5.74) is 1.23. The third kappa shape index (κ3) is 3.78. The number of rotatable bonds is 5. The lowest BCUT2D eigenvalue weighted by molar-refractivity contribution is 0.0727. The summed E-state index contributed by atoms with van der Waals surface area (Å²) in [6, 6.07) is 7.78. The maximum atomic E-state index is 9.98. The number of nitrogens with one attached hydrogen (secondary N) is 1. The molecule has 1 aromatic carbocycles. The van der Waals surface area contributed by atoms with Gasteiger partial charge in [0.25, 0.3) is 0 Å².